The molecule has 2 aromatic heterocycles. The van der Waals surface area contributed by atoms with Crippen molar-refractivity contribution in [1.29, 1.82) is 0 Å². The van der Waals surface area contributed by atoms with Gasteiger partial charge in [0, 0.05) is 16.3 Å². The summed E-state index contributed by atoms with van der Waals surface area (Å²) in [5.41, 5.74) is 3.76. The molecule has 3 aromatic rings. The molecule has 1 amide bonds. The predicted octanol–water partition coefficient (Wildman–Crippen LogP) is 4.60. The molecule has 1 aromatic carbocycles. The highest BCUT2D eigenvalue weighted by atomic mass is 32.2. The lowest BCUT2D eigenvalue weighted by Gasteiger charge is -2.18. The van der Waals surface area contributed by atoms with E-state index in [2.05, 4.69) is 15.3 Å². The Morgan fingerprint density at radius 2 is 1.81 bits per heavy atom. The van der Waals surface area contributed by atoms with Crippen molar-refractivity contribution < 1.29 is 9.18 Å². The number of thioether (sulfide) groups is 1. The number of aromatic nitrogens is 2. The van der Waals surface area contributed by atoms with Crippen molar-refractivity contribution in [3.05, 3.63) is 75.0 Å². The number of thiophene rings is 1. The largest absolute Gasteiger partial charge is 0.344 e. The molecule has 0 aliphatic carbocycles. The molecule has 3 rings (SSSR count). The Hall–Kier alpha value is -2.25. The van der Waals surface area contributed by atoms with Crippen molar-refractivity contribution in [2.75, 3.05) is 5.75 Å². The SMILES string of the molecule is Cc1nc(SCC(=O)N[C@@H](c2ccc(F)cc2)c2cccs2)nc(C)c1C. The number of amides is 1. The van der Waals surface area contributed by atoms with E-state index in [1.54, 1.807) is 23.5 Å². The molecule has 1 atom stereocenters. The second-order valence-corrected chi connectivity index (χ2v) is 8.08. The van der Waals surface area contributed by atoms with Crippen molar-refractivity contribution in [2.45, 2.75) is 32.0 Å². The van der Waals surface area contributed by atoms with E-state index in [0.29, 0.717) is 5.16 Å². The monoisotopic (exact) mass is 401 g/mol. The normalized spacial score (nSPS) is 12.0. The maximum absolute atomic E-state index is 13.3. The first-order valence-corrected chi connectivity index (χ1v) is 10.3. The molecule has 0 aliphatic heterocycles. The molecule has 0 saturated heterocycles. The smallest absolute Gasteiger partial charge is 0.231 e. The Balaban J connectivity index is 1.71. The summed E-state index contributed by atoms with van der Waals surface area (Å²) in [6.45, 7) is 5.87. The lowest BCUT2D eigenvalue weighted by atomic mass is 10.1. The van der Waals surface area contributed by atoms with Crippen molar-refractivity contribution in [3.8, 4) is 0 Å². The van der Waals surface area contributed by atoms with Gasteiger partial charge in [-0.3, -0.25) is 4.79 Å². The summed E-state index contributed by atoms with van der Waals surface area (Å²) in [7, 11) is 0. The van der Waals surface area contributed by atoms with Crippen LogP contribution in [0.4, 0.5) is 4.39 Å². The number of aryl methyl sites for hydroxylation is 2. The molecule has 0 spiro atoms. The van der Waals surface area contributed by atoms with Gasteiger partial charge >= 0.3 is 0 Å². The van der Waals surface area contributed by atoms with Crippen molar-refractivity contribution in [3.63, 3.8) is 0 Å². The van der Waals surface area contributed by atoms with Crippen LogP contribution in [-0.2, 0) is 4.79 Å². The maximum Gasteiger partial charge on any atom is 0.231 e. The maximum atomic E-state index is 13.3. The number of halogens is 1. The second-order valence-electron chi connectivity index (χ2n) is 6.16. The van der Waals surface area contributed by atoms with Gasteiger partial charge in [0.25, 0.3) is 0 Å². The number of nitrogens with one attached hydrogen (secondary N) is 1. The Kier molecular flexibility index (Phi) is 6.23. The van der Waals surface area contributed by atoms with Gasteiger partial charge < -0.3 is 5.32 Å². The van der Waals surface area contributed by atoms with Crippen LogP contribution in [0.1, 0.15) is 33.4 Å². The molecule has 0 aliphatic rings. The van der Waals surface area contributed by atoms with Crippen molar-refractivity contribution in [1.82, 2.24) is 15.3 Å². The first-order chi connectivity index (χ1) is 12.9. The third kappa shape index (κ3) is 4.93. The van der Waals surface area contributed by atoms with Gasteiger partial charge in [-0.2, -0.15) is 0 Å². The van der Waals surface area contributed by atoms with Gasteiger partial charge in [0.05, 0.1) is 11.8 Å². The average molecular weight is 402 g/mol. The standard InChI is InChI=1S/C20H20FN3OS2/c1-12-13(2)22-20(23-14(12)3)27-11-18(25)24-19(17-5-4-10-26-17)15-6-8-16(21)9-7-15/h4-10,19H,11H2,1-3H3,(H,24,25)/t19-/m0/s1. The molecule has 4 nitrogen and oxygen atoms in total. The number of carbonyl (C=O) groups excluding carboxylic acids is 1. The Labute approximate surface area is 166 Å². The highest BCUT2D eigenvalue weighted by Crippen LogP contribution is 2.26. The average Bonchev–Trinajstić information content (AvgIpc) is 3.17. The minimum Gasteiger partial charge on any atom is -0.344 e. The van der Waals surface area contributed by atoms with Crippen molar-refractivity contribution in [2.24, 2.45) is 0 Å². The second kappa shape index (κ2) is 8.63. The molecule has 1 N–H and O–H groups in total. The van der Waals surface area contributed by atoms with Crippen LogP contribution >= 0.6 is 23.1 Å². The molecule has 0 unspecified atom stereocenters. The molecule has 0 bridgehead atoms. The summed E-state index contributed by atoms with van der Waals surface area (Å²) in [6, 6.07) is 9.79. The summed E-state index contributed by atoms with van der Waals surface area (Å²) in [5.74, 6) is -0.208. The molecule has 0 radical (unpaired) electrons. The van der Waals surface area contributed by atoms with E-state index in [9.17, 15) is 9.18 Å². The fourth-order valence-corrected chi connectivity index (χ4v) is 4.12. The molecule has 7 heteroatoms. The van der Waals surface area contributed by atoms with E-state index in [4.69, 9.17) is 0 Å². The third-order valence-electron chi connectivity index (χ3n) is 4.28. The predicted molar refractivity (Wildman–Crippen MR) is 108 cm³/mol. The van der Waals surface area contributed by atoms with Crippen LogP contribution in [0, 0.1) is 26.6 Å². The van der Waals surface area contributed by atoms with Gasteiger partial charge in [0.15, 0.2) is 5.16 Å². The summed E-state index contributed by atoms with van der Waals surface area (Å²) >= 11 is 2.86. The van der Waals surface area contributed by atoms with Gasteiger partial charge in [-0.05, 0) is 55.5 Å². The van der Waals surface area contributed by atoms with Crippen LogP contribution in [0.2, 0.25) is 0 Å². The minimum absolute atomic E-state index is 0.123. The van der Waals surface area contributed by atoms with E-state index >= 15 is 0 Å². The van der Waals surface area contributed by atoms with Gasteiger partial charge in [-0.25, -0.2) is 14.4 Å². The number of hydrogen-bond acceptors (Lipinski definition) is 5. The summed E-state index contributed by atoms with van der Waals surface area (Å²) in [5, 5.41) is 5.59. The number of hydrogen-bond donors (Lipinski definition) is 1. The summed E-state index contributed by atoms with van der Waals surface area (Å²) in [6.07, 6.45) is 0. The topological polar surface area (TPSA) is 54.9 Å². The van der Waals surface area contributed by atoms with E-state index < -0.39 is 0 Å². The zero-order valence-corrected chi connectivity index (χ0v) is 17.0. The molecular weight excluding hydrogens is 381 g/mol. The van der Waals surface area contributed by atoms with E-state index in [0.717, 1.165) is 27.4 Å². The van der Waals surface area contributed by atoms with Gasteiger partial charge in [-0.1, -0.05) is 30.0 Å². The number of nitrogens with zero attached hydrogens (tertiary/aromatic N) is 2. The minimum atomic E-state index is -0.305. The first kappa shape index (κ1) is 19.5. The van der Waals surface area contributed by atoms with E-state index in [1.165, 1.54) is 23.9 Å². The van der Waals surface area contributed by atoms with Gasteiger partial charge in [0.2, 0.25) is 5.91 Å². The van der Waals surface area contributed by atoms with Crippen LogP contribution in [0.3, 0.4) is 0 Å². The fourth-order valence-electron chi connectivity index (χ4n) is 2.57. The highest BCUT2D eigenvalue weighted by Gasteiger charge is 2.18. The Bertz CT molecular complexity index is 904. The molecule has 140 valence electrons. The highest BCUT2D eigenvalue weighted by molar-refractivity contribution is 7.99. The number of carbonyl (C=O) groups is 1. The number of benzene rings is 1. The van der Waals surface area contributed by atoms with E-state index in [-0.39, 0.29) is 23.5 Å². The zero-order valence-electron chi connectivity index (χ0n) is 15.3. The molecule has 2 heterocycles. The van der Waals surface area contributed by atoms with Crippen LogP contribution in [0.25, 0.3) is 0 Å². The van der Waals surface area contributed by atoms with Crippen LogP contribution in [0.15, 0.2) is 46.9 Å². The van der Waals surface area contributed by atoms with Crippen LogP contribution < -0.4 is 5.32 Å². The Morgan fingerprint density at radius 3 is 2.41 bits per heavy atom. The first-order valence-electron chi connectivity index (χ1n) is 8.47. The number of rotatable bonds is 6. The van der Waals surface area contributed by atoms with Crippen LogP contribution in [0.5, 0.6) is 0 Å². The summed E-state index contributed by atoms with van der Waals surface area (Å²) < 4.78 is 13.3. The van der Waals surface area contributed by atoms with Crippen LogP contribution in [-0.4, -0.2) is 21.6 Å². The summed E-state index contributed by atoms with van der Waals surface area (Å²) in [4.78, 5) is 22.4. The molecule has 0 saturated carbocycles. The lowest BCUT2D eigenvalue weighted by Crippen LogP contribution is -2.30. The zero-order chi connectivity index (χ0) is 19.4. The van der Waals surface area contributed by atoms with Gasteiger partial charge in [0.1, 0.15) is 5.82 Å². The third-order valence-corrected chi connectivity index (χ3v) is 6.07. The van der Waals surface area contributed by atoms with Crippen molar-refractivity contribution >= 4 is 29.0 Å². The van der Waals surface area contributed by atoms with Gasteiger partial charge in [-0.15, -0.1) is 11.3 Å². The van der Waals surface area contributed by atoms with E-state index in [1.807, 2.05) is 38.3 Å². The molecule has 27 heavy (non-hydrogen) atoms. The molecule has 0 fully saturated rings. The quantitative estimate of drug-likeness (QED) is 0.484. The lowest BCUT2D eigenvalue weighted by molar-refractivity contribution is -0.119. The molecular formula is C20H20FN3OS2. The fraction of sp³-hybridized carbons (Fsp3) is 0.250. The Morgan fingerprint density at radius 1 is 1.15 bits per heavy atom.